The molecule has 0 saturated carbocycles. The van der Waals surface area contributed by atoms with Crippen LogP contribution in [-0.4, -0.2) is 19.1 Å². The smallest absolute Gasteiger partial charge is 0.235 e. The summed E-state index contributed by atoms with van der Waals surface area (Å²) in [7, 11) is 0. The Morgan fingerprint density at radius 2 is 1.03 bits per heavy atom. The zero-order valence-corrected chi connectivity index (χ0v) is 35.0. The molecule has 0 fully saturated rings. The first-order chi connectivity index (χ1) is 32.2. The Hall–Kier alpha value is -8.80. The van der Waals surface area contributed by atoms with Crippen LogP contribution in [0.4, 0.5) is 0 Å². The lowest BCUT2D eigenvalue weighted by Gasteiger charge is -2.14. The van der Waals surface area contributed by atoms with Crippen molar-refractivity contribution in [2.45, 2.75) is 0 Å². The average Bonchev–Trinajstić information content (AvgIpc) is 4.04. The first-order valence-corrected chi connectivity index (χ1v) is 22.1. The molecule has 5 heteroatoms. The predicted molar refractivity (Wildman–Crippen MR) is 269 cm³/mol. The summed E-state index contributed by atoms with van der Waals surface area (Å²) in [5.74, 6) is 0.603. The number of aromatic nitrogens is 4. The number of fused-ring (bicyclic) bond motifs is 12. The fraction of sp³-hybridized carbons (Fsp3) is 0. The first-order valence-electron chi connectivity index (χ1n) is 22.1. The number of nitrogens with zero attached hydrogens (tertiary/aromatic N) is 4. The Morgan fingerprint density at radius 1 is 0.369 bits per heavy atom. The van der Waals surface area contributed by atoms with Crippen LogP contribution in [0.15, 0.2) is 223 Å². The van der Waals surface area contributed by atoms with E-state index in [0.717, 1.165) is 93.8 Å². The summed E-state index contributed by atoms with van der Waals surface area (Å²) in [5.41, 5.74) is 14.5. The molecule has 0 saturated heterocycles. The topological polar surface area (TPSA) is 48.8 Å². The molecule has 302 valence electrons. The van der Waals surface area contributed by atoms with Gasteiger partial charge < -0.3 is 8.98 Å². The monoisotopic (exact) mass is 828 g/mol. The third-order valence-electron chi connectivity index (χ3n) is 13.3. The Bertz CT molecular complexity index is 4250. The molecule has 0 spiro atoms. The van der Waals surface area contributed by atoms with Gasteiger partial charge >= 0.3 is 0 Å². The molecule has 0 atom stereocenters. The predicted octanol–water partition coefficient (Wildman–Crippen LogP) is 15.9. The zero-order valence-electron chi connectivity index (χ0n) is 35.0. The van der Waals surface area contributed by atoms with Gasteiger partial charge in [0.25, 0.3) is 0 Å². The van der Waals surface area contributed by atoms with Gasteiger partial charge in [-0.1, -0.05) is 152 Å². The Kier molecular flexibility index (Phi) is 7.62. The molecule has 0 aliphatic heterocycles. The van der Waals surface area contributed by atoms with Crippen molar-refractivity contribution in [1.82, 2.24) is 19.1 Å². The van der Waals surface area contributed by atoms with Gasteiger partial charge in [-0.3, -0.25) is 4.57 Å². The molecule has 0 amide bonds. The summed E-state index contributed by atoms with van der Waals surface area (Å²) in [6.45, 7) is 0. The molecule has 0 aliphatic carbocycles. The third-order valence-corrected chi connectivity index (χ3v) is 13.3. The van der Waals surface area contributed by atoms with E-state index in [1.807, 2.05) is 6.07 Å². The number of rotatable bonds is 5. The minimum absolute atomic E-state index is 0.603. The highest BCUT2D eigenvalue weighted by Gasteiger charge is 2.25. The van der Waals surface area contributed by atoms with Gasteiger partial charge in [-0.15, -0.1) is 0 Å². The molecule has 0 N–H and O–H groups in total. The molecule has 14 aromatic rings. The van der Waals surface area contributed by atoms with E-state index >= 15 is 0 Å². The van der Waals surface area contributed by atoms with Crippen molar-refractivity contribution in [2.24, 2.45) is 0 Å². The molecule has 5 nitrogen and oxygen atoms in total. The summed E-state index contributed by atoms with van der Waals surface area (Å²) in [6.07, 6.45) is 0. The summed E-state index contributed by atoms with van der Waals surface area (Å²) >= 11 is 0. The van der Waals surface area contributed by atoms with Gasteiger partial charge in [0, 0.05) is 49.1 Å². The van der Waals surface area contributed by atoms with Gasteiger partial charge in [0.1, 0.15) is 11.2 Å². The van der Waals surface area contributed by atoms with Crippen LogP contribution in [0.2, 0.25) is 0 Å². The molecule has 0 unspecified atom stereocenters. The first kappa shape index (κ1) is 35.8. The van der Waals surface area contributed by atoms with Crippen molar-refractivity contribution in [3.63, 3.8) is 0 Å². The van der Waals surface area contributed by atoms with Crippen LogP contribution in [0.5, 0.6) is 0 Å². The Balaban J connectivity index is 1.04. The summed E-state index contributed by atoms with van der Waals surface area (Å²) < 4.78 is 11.5. The van der Waals surface area contributed by atoms with Crippen LogP contribution in [0, 0.1) is 0 Å². The van der Waals surface area contributed by atoms with Crippen molar-refractivity contribution in [3.05, 3.63) is 218 Å². The zero-order chi connectivity index (χ0) is 42.6. The maximum Gasteiger partial charge on any atom is 0.235 e. The number of furan rings is 1. The normalized spacial score (nSPS) is 12.0. The highest BCUT2D eigenvalue weighted by atomic mass is 16.3. The lowest BCUT2D eigenvalue weighted by molar-refractivity contribution is 0.673. The van der Waals surface area contributed by atoms with Gasteiger partial charge in [0.2, 0.25) is 5.95 Å². The standard InChI is InChI=1S/C60H36N4O/c1-2-19-43(20-3-1)63-52-26-11-7-21-44(52)49-35-40(31-32-54(49)63)39-17-14-18-41(33-39)48-36-50-45-22-9-13-28-55(45)65-59(50)56-47-24-8-12-27-53(47)64(58(48)56)60-61-51-25-10-6-23-46(51)57(62-60)42-30-29-37-15-4-5-16-38(37)34-42/h1-36H. The highest BCUT2D eigenvalue weighted by Crippen LogP contribution is 2.46. The molecular formula is C60H36N4O. The minimum Gasteiger partial charge on any atom is -0.455 e. The maximum atomic E-state index is 6.86. The van der Waals surface area contributed by atoms with Crippen LogP contribution in [0.1, 0.15) is 0 Å². The van der Waals surface area contributed by atoms with Gasteiger partial charge in [-0.05, 0) is 94.2 Å². The minimum atomic E-state index is 0.603. The fourth-order valence-corrected chi connectivity index (χ4v) is 10.4. The second-order valence-corrected chi connectivity index (χ2v) is 16.9. The Labute approximate surface area is 372 Å². The van der Waals surface area contributed by atoms with Gasteiger partial charge in [0.05, 0.1) is 38.7 Å². The van der Waals surface area contributed by atoms with Crippen molar-refractivity contribution < 1.29 is 4.42 Å². The maximum absolute atomic E-state index is 6.86. The lowest BCUT2D eigenvalue weighted by atomic mass is 9.95. The fourth-order valence-electron chi connectivity index (χ4n) is 10.4. The number of benzene rings is 10. The van der Waals surface area contributed by atoms with Crippen LogP contribution < -0.4 is 0 Å². The molecule has 0 bridgehead atoms. The van der Waals surface area contributed by atoms with Crippen LogP contribution in [0.25, 0.3) is 132 Å². The number of hydrogen-bond donors (Lipinski definition) is 0. The van der Waals surface area contributed by atoms with Crippen molar-refractivity contribution >= 4 is 87.2 Å². The van der Waals surface area contributed by atoms with E-state index in [1.54, 1.807) is 0 Å². The van der Waals surface area contributed by atoms with E-state index in [1.165, 1.54) is 32.6 Å². The van der Waals surface area contributed by atoms with E-state index in [-0.39, 0.29) is 0 Å². The van der Waals surface area contributed by atoms with E-state index in [4.69, 9.17) is 14.4 Å². The van der Waals surface area contributed by atoms with Gasteiger partial charge in [-0.2, -0.15) is 0 Å². The van der Waals surface area contributed by atoms with Crippen molar-refractivity contribution in [3.8, 4) is 45.1 Å². The van der Waals surface area contributed by atoms with Crippen LogP contribution in [-0.2, 0) is 0 Å². The SMILES string of the molecule is c1ccc(-n2c3ccccc3c3cc(-c4cccc(-c5cc6c7ccccc7oc6c6c7ccccc7n(-c7nc(-c8ccc9ccccc9c8)c8ccccc8n7)c56)c4)ccc32)cc1. The Morgan fingerprint density at radius 3 is 1.91 bits per heavy atom. The van der Waals surface area contributed by atoms with Crippen LogP contribution >= 0.6 is 0 Å². The van der Waals surface area contributed by atoms with E-state index in [9.17, 15) is 0 Å². The molecule has 14 rings (SSSR count). The largest absolute Gasteiger partial charge is 0.455 e. The highest BCUT2D eigenvalue weighted by molar-refractivity contribution is 6.27. The quantitative estimate of drug-likeness (QED) is 0.174. The van der Waals surface area contributed by atoms with Crippen molar-refractivity contribution in [1.29, 1.82) is 0 Å². The second kappa shape index (κ2) is 13.9. The van der Waals surface area contributed by atoms with E-state index in [2.05, 4.69) is 221 Å². The molecular weight excluding hydrogens is 793 g/mol. The molecule has 0 aliphatic rings. The van der Waals surface area contributed by atoms with E-state index < -0.39 is 0 Å². The average molecular weight is 829 g/mol. The van der Waals surface area contributed by atoms with E-state index in [0.29, 0.717) is 5.95 Å². The molecule has 65 heavy (non-hydrogen) atoms. The molecule has 0 radical (unpaired) electrons. The summed E-state index contributed by atoms with van der Waals surface area (Å²) in [4.78, 5) is 10.9. The van der Waals surface area contributed by atoms with Gasteiger partial charge in [-0.25, -0.2) is 9.97 Å². The van der Waals surface area contributed by atoms with Crippen molar-refractivity contribution in [2.75, 3.05) is 0 Å². The second-order valence-electron chi connectivity index (χ2n) is 16.9. The molecule has 4 heterocycles. The molecule has 10 aromatic carbocycles. The third kappa shape index (κ3) is 5.39. The number of para-hydroxylation sites is 5. The molecule has 4 aromatic heterocycles. The summed E-state index contributed by atoms with van der Waals surface area (Å²) in [5, 5.41) is 10.1. The van der Waals surface area contributed by atoms with Crippen LogP contribution in [0.3, 0.4) is 0 Å². The lowest BCUT2D eigenvalue weighted by Crippen LogP contribution is -2.04. The van der Waals surface area contributed by atoms with Gasteiger partial charge in [0.15, 0.2) is 0 Å². The number of hydrogen-bond acceptors (Lipinski definition) is 3. The summed E-state index contributed by atoms with van der Waals surface area (Å²) in [6, 6.07) is 77.9.